The second-order valence-electron chi connectivity index (χ2n) is 3.06. The first-order chi connectivity index (χ1) is 8.20. The molecule has 17 heavy (non-hydrogen) atoms. The van der Waals surface area contributed by atoms with Crippen LogP contribution >= 0.6 is 11.8 Å². The molecule has 0 unspecified atom stereocenters. The van der Waals surface area contributed by atoms with E-state index in [0.29, 0.717) is 5.03 Å². The van der Waals surface area contributed by atoms with Crippen molar-refractivity contribution in [2.24, 2.45) is 0 Å². The Hall–Kier alpha value is -2.02. The Kier molecular flexibility index (Phi) is 3.29. The van der Waals surface area contributed by atoms with Gasteiger partial charge in [0.1, 0.15) is 5.75 Å². The van der Waals surface area contributed by atoms with Gasteiger partial charge in [0.2, 0.25) is 5.69 Å². The summed E-state index contributed by atoms with van der Waals surface area (Å²) in [5, 5.41) is 18.8. The Morgan fingerprint density at radius 1 is 1.35 bits per heavy atom. The van der Waals surface area contributed by atoms with Crippen molar-refractivity contribution in [3.8, 4) is 5.75 Å². The van der Waals surface area contributed by atoms with Gasteiger partial charge < -0.3 is 9.84 Å². The molecule has 0 amide bonds. The predicted molar refractivity (Wildman–Crippen MR) is 60.5 cm³/mol. The minimum Gasteiger partial charge on any atom is -0.497 e. The summed E-state index contributed by atoms with van der Waals surface area (Å²) in [5.41, 5.74) is -0.0779. The van der Waals surface area contributed by atoms with Crippen LogP contribution in [0.3, 0.4) is 0 Å². The molecule has 6 nitrogen and oxygen atoms in total. The van der Waals surface area contributed by atoms with Crippen molar-refractivity contribution in [3.63, 3.8) is 0 Å². The summed E-state index contributed by atoms with van der Waals surface area (Å²) in [6.45, 7) is 0. The SMILES string of the molecule is COc1ccc(Sc2n[nH]nc2C(=O)O)cc1. The smallest absolute Gasteiger partial charge is 0.359 e. The number of methoxy groups -OCH3 is 1. The summed E-state index contributed by atoms with van der Waals surface area (Å²) in [5.74, 6) is -0.359. The third-order valence-electron chi connectivity index (χ3n) is 1.99. The van der Waals surface area contributed by atoms with E-state index in [2.05, 4.69) is 15.4 Å². The first-order valence-electron chi connectivity index (χ1n) is 4.66. The normalized spacial score (nSPS) is 10.2. The van der Waals surface area contributed by atoms with Gasteiger partial charge in [0, 0.05) is 4.90 Å². The highest BCUT2D eigenvalue weighted by Crippen LogP contribution is 2.28. The second kappa shape index (κ2) is 4.88. The average molecular weight is 251 g/mol. The molecule has 7 heteroatoms. The van der Waals surface area contributed by atoms with Crippen LogP contribution in [0.15, 0.2) is 34.2 Å². The van der Waals surface area contributed by atoms with Crippen molar-refractivity contribution in [2.45, 2.75) is 9.92 Å². The molecule has 2 N–H and O–H groups in total. The number of ether oxygens (including phenoxy) is 1. The number of nitrogens with one attached hydrogen (secondary N) is 1. The highest BCUT2D eigenvalue weighted by Gasteiger charge is 2.16. The van der Waals surface area contributed by atoms with E-state index in [4.69, 9.17) is 9.84 Å². The molecule has 0 aliphatic heterocycles. The number of aromatic carboxylic acids is 1. The fraction of sp³-hybridized carbons (Fsp3) is 0.100. The van der Waals surface area contributed by atoms with Crippen molar-refractivity contribution in [1.82, 2.24) is 15.4 Å². The number of H-pyrrole nitrogens is 1. The molecule has 0 aliphatic rings. The van der Waals surface area contributed by atoms with Crippen LogP contribution in [0.2, 0.25) is 0 Å². The molecule has 0 bridgehead atoms. The summed E-state index contributed by atoms with van der Waals surface area (Å²) in [7, 11) is 1.59. The Balaban J connectivity index is 2.19. The number of hydrogen-bond donors (Lipinski definition) is 2. The van der Waals surface area contributed by atoms with Crippen LogP contribution in [0, 0.1) is 0 Å². The van der Waals surface area contributed by atoms with E-state index >= 15 is 0 Å². The number of aromatic amines is 1. The molecule has 0 radical (unpaired) electrons. The maximum absolute atomic E-state index is 10.8. The van der Waals surface area contributed by atoms with Crippen LogP contribution < -0.4 is 4.74 Å². The van der Waals surface area contributed by atoms with Crippen molar-refractivity contribution in [1.29, 1.82) is 0 Å². The van der Waals surface area contributed by atoms with E-state index in [1.54, 1.807) is 19.2 Å². The number of aromatic nitrogens is 3. The lowest BCUT2D eigenvalue weighted by Crippen LogP contribution is -1.98. The molecule has 0 fully saturated rings. The standard InChI is InChI=1S/C10H9N3O3S/c1-16-6-2-4-7(5-3-6)17-9-8(10(14)15)11-13-12-9/h2-5H,1H3,(H,14,15)(H,11,12,13). The summed E-state index contributed by atoms with van der Waals surface area (Å²) >= 11 is 1.23. The van der Waals surface area contributed by atoms with Gasteiger partial charge in [-0.15, -0.1) is 10.2 Å². The molecule has 0 aliphatic carbocycles. The lowest BCUT2D eigenvalue weighted by molar-refractivity contribution is 0.0686. The number of hydrogen-bond acceptors (Lipinski definition) is 5. The van der Waals surface area contributed by atoms with Gasteiger partial charge in [-0.1, -0.05) is 11.8 Å². The van der Waals surface area contributed by atoms with E-state index in [9.17, 15) is 4.79 Å². The molecule has 88 valence electrons. The molecular formula is C10H9N3O3S. The average Bonchev–Trinajstić information content (AvgIpc) is 2.78. The Bertz CT molecular complexity index is 524. The molecule has 0 saturated heterocycles. The number of rotatable bonds is 4. The van der Waals surface area contributed by atoms with Crippen LogP contribution in [-0.4, -0.2) is 33.6 Å². The number of carboxylic acids is 1. The first kappa shape index (κ1) is 11.5. The summed E-state index contributed by atoms with van der Waals surface area (Å²) in [6.07, 6.45) is 0. The van der Waals surface area contributed by atoms with Gasteiger partial charge in [-0.05, 0) is 24.3 Å². The zero-order valence-electron chi connectivity index (χ0n) is 8.88. The minimum absolute atomic E-state index is 0.0779. The summed E-state index contributed by atoms with van der Waals surface area (Å²) in [4.78, 5) is 11.7. The fourth-order valence-electron chi connectivity index (χ4n) is 1.19. The molecule has 2 rings (SSSR count). The molecule has 0 saturated carbocycles. The topological polar surface area (TPSA) is 88.1 Å². The van der Waals surface area contributed by atoms with Gasteiger partial charge in [0.15, 0.2) is 5.03 Å². The lowest BCUT2D eigenvalue weighted by Gasteiger charge is -2.01. The maximum atomic E-state index is 10.8. The molecule has 0 atom stereocenters. The maximum Gasteiger partial charge on any atom is 0.359 e. The van der Waals surface area contributed by atoms with Gasteiger partial charge in [0.25, 0.3) is 0 Å². The molecular weight excluding hydrogens is 242 g/mol. The molecule has 0 spiro atoms. The van der Waals surface area contributed by atoms with E-state index < -0.39 is 5.97 Å². The van der Waals surface area contributed by atoms with E-state index in [-0.39, 0.29) is 5.69 Å². The Labute approximate surface area is 101 Å². The third kappa shape index (κ3) is 2.56. The van der Waals surface area contributed by atoms with E-state index in [1.807, 2.05) is 12.1 Å². The third-order valence-corrected chi connectivity index (χ3v) is 2.98. The zero-order chi connectivity index (χ0) is 12.3. The van der Waals surface area contributed by atoms with Crippen LogP contribution in [-0.2, 0) is 0 Å². The van der Waals surface area contributed by atoms with Crippen LogP contribution in [0.1, 0.15) is 10.5 Å². The number of nitrogens with zero attached hydrogens (tertiary/aromatic N) is 2. The van der Waals surface area contributed by atoms with Crippen molar-refractivity contribution < 1.29 is 14.6 Å². The Morgan fingerprint density at radius 3 is 2.65 bits per heavy atom. The minimum atomic E-state index is -1.10. The number of benzene rings is 1. The van der Waals surface area contributed by atoms with Crippen LogP contribution in [0.25, 0.3) is 0 Å². The number of carboxylic acid groups (broad SMARTS) is 1. The molecule has 1 heterocycles. The first-order valence-corrected chi connectivity index (χ1v) is 5.48. The highest BCUT2D eigenvalue weighted by molar-refractivity contribution is 7.99. The van der Waals surface area contributed by atoms with Crippen molar-refractivity contribution in [2.75, 3.05) is 7.11 Å². The predicted octanol–water partition coefficient (Wildman–Crippen LogP) is 1.66. The lowest BCUT2D eigenvalue weighted by atomic mass is 10.3. The monoisotopic (exact) mass is 251 g/mol. The second-order valence-corrected chi connectivity index (χ2v) is 4.12. The van der Waals surface area contributed by atoms with Gasteiger partial charge >= 0.3 is 5.97 Å². The van der Waals surface area contributed by atoms with Crippen molar-refractivity contribution >= 4 is 17.7 Å². The molecule has 1 aromatic carbocycles. The molecule has 1 aromatic heterocycles. The van der Waals surface area contributed by atoms with Gasteiger partial charge in [-0.3, -0.25) is 0 Å². The zero-order valence-corrected chi connectivity index (χ0v) is 9.69. The Morgan fingerprint density at radius 2 is 2.06 bits per heavy atom. The summed E-state index contributed by atoms with van der Waals surface area (Å²) in [6, 6.07) is 7.24. The summed E-state index contributed by atoms with van der Waals surface area (Å²) < 4.78 is 5.03. The fourth-order valence-corrected chi connectivity index (χ4v) is 2.00. The van der Waals surface area contributed by atoms with Crippen LogP contribution in [0.4, 0.5) is 0 Å². The largest absolute Gasteiger partial charge is 0.497 e. The van der Waals surface area contributed by atoms with Gasteiger partial charge in [-0.2, -0.15) is 5.21 Å². The number of carbonyl (C=O) groups is 1. The van der Waals surface area contributed by atoms with Crippen LogP contribution in [0.5, 0.6) is 5.75 Å². The van der Waals surface area contributed by atoms with E-state index in [1.165, 1.54) is 11.8 Å². The van der Waals surface area contributed by atoms with Crippen molar-refractivity contribution in [3.05, 3.63) is 30.0 Å². The highest BCUT2D eigenvalue weighted by atomic mass is 32.2. The van der Waals surface area contributed by atoms with Gasteiger partial charge in [0.05, 0.1) is 7.11 Å². The quantitative estimate of drug-likeness (QED) is 0.859. The molecule has 2 aromatic rings. The van der Waals surface area contributed by atoms with E-state index in [0.717, 1.165) is 10.6 Å². The van der Waals surface area contributed by atoms with Gasteiger partial charge in [-0.25, -0.2) is 4.79 Å².